The van der Waals surface area contributed by atoms with Gasteiger partial charge >= 0.3 is 0 Å². The van der Waals surface area contributed by atoms with Crippen molar-refractivity contribution in [1.29, 1.82) is 0 Å². The molecule has 0 spiro atoms. The summed E-state index contributed by atoms with van der Waals surface area (Å²) in [5, 5.41) is 2.99. The number of nitrogens with one attached hydrogen (secondary N) is 1. The molecular formula is C29H29N3O4. The Balaban J connectivity index is 1.19. The van der Waals surface area contributed by atoms with Crippen LogP contribution in [0.3, 0.4) is 0 Å². The summed E-state index contributed by atoms with van der Waals surface area (Å²) in [5.41, 5.74) is 3.56. The molecule has 2 heterocycles. The van der Waals surface area contributed by atoms with Gasteiger partial charge in [0.2, 0.25) is 11.8 Å². The van der Waals surface area contributed by atoms with Crippen LogP contribution in [-0.2, 0) is 4.79 Å². The molecule has 7 heteroatoms. The number of ether oxygens (including phenoxy) is 1. The largest absolute Gasteiger partial charge is 0.497 e. The number of hydrogen-bond donors (Lipinski definition) is 1. The smallest absolute Gasteiger partial charge is 0.253 e. The molecule has 1 fully saturated rings. The molecule has 36 heavy (non-hydrogen) atoms. The number of likely N-dealkylation sites (tertiary alicyclic amines) is 1. The summed E-state index contributed by atoms with van der Waals surface area (Å²) in [7, 11) is 1.61. The van der Waals surface area contributed by atoms with Gasteiger partial charge in [-0.15, -0.1) is 0 Å². The highest BCUT2D eigenvalue weighted by molar-refractivity contribution is 5.97. The molecule has 4 aromatic rings. The Morgan fingerprint density at radius 3 is 2.44 bits per heavy atom. The van der Waals surface area contributed by atoms with Gasteiger partial charge < -0.3 is 19.4 Å². The number of nitrogens with zero attached hydrogens (tertiary/aromatic N) is 2. The topological polar surface area (TPSA) is 84.7 Å². The summed E-state index contributed by atoms with van der Waals surface area (Å²) in [6, 6.07) is 22.4. The Kier molecular flexibility index (Phi) is 6.71. The van der Waals surface area contributed by atoms with E-state index < -0.39 is 0 Å². The molecule has 0 bridgehead atoms. The molecule has 1 aliphatic rings. The Bertz CT molecular complexity index is 1360. The van der Waals surface area contributed by atoms with Crippen LogP contribution in [0.1, 0.15) is 30.1 Å². The van der Waals surface area contributed by atoms with Gasteiger partial charge in [-0.1, -0.05) is 25.1 Å². The van der Waals surface area contributed by atoms with Gasteiger partial charge in [-0.25, -0.2) is 4.98 Å². The number of benzene rings is 3. The molecular weight excluding hydrogens is 454 g/mol. The lowest BCUT2D eigenvalue weighted by molar-refractivity contribution is -0.121. The van der Waals surface area contributed by atoms with Crippen LogP contribution in [0.4, 0.5) is 5.69 Å². The van der Waals surface area contributed by atoms with Gasteiger partial charge in [0, 0.05) is 35.8 Å². The third kappa shape index (κ3) is 4.96. The fourth-order valence-corrected chi connectivity index (χ4v) is 4.69. The van der Waals surface area contributed by atoms with E-state index in [1.54, 1.807) is 25.3 Å². The van der Waals surface area contributed by atoms with Gasteiger partial charge in [-0.05, 0) is 73.4 Å². The Morgan fingerprint density at radius 2 is 1.75 bits per heavy atom. The standard InChI is InChI=1S/C29H29N3O4/c1-19(27(33)30-23-9-11-24(35-2)12-10-23)20-14-16-32(17-15-20)29(34)22-8-13-26-25(18-22)31-28(36-26)21-6-4-3-5-7-21/h3-13,18-20H,14-17H2,1-2H3,(H,30,33)/t19-/m0/s1. The summed E-state index contributed by atoms with van der Waals surface area (Å²) >= 11 is 0. The molecule has 1 aliphatic heterocycles. The first kappa shape index (κ1) is 23.6. The quantitative estimate of drug-likeness (QED) is 0.384. The Hall–Kier alpha value is -4.13. The van der Waals surface area contributed by atoms with E-state index >= 15 is 0 Å². The van der Waals surface area contributed by atoms with E-state index in [1.165, 1.54) is 0 Å². The minimum atomic E-state index is -0.146. The Labute approximate surface area is 210 Å². The van der Waals surface area contributed by atoms with Gasteiger partial charge in [-0.3, -0.25) is 9.59 Å². The van der Waals surface area contributed by atoms with Crippen molar-refractivity contribution in [3.63, 3.8) is 0 Å². The van der Waals surface area contributed by atoms with Crippen molar-refractivity contribution >= 4 is 28.6 Å². The number of carbonyl (C=O) groups excluding carboxylic acids is 2. The van der Waals surface area contributed by atoms with Crippen molar-refractivity contribution in [2.45, 2.75) is 19.8 Å². The van der Waals surface area contributed by atoms with Crippen molar-refractivity contribution in [1.82, 2.24) is 9.88 Å². The first-order chi connectivity index (χ1) is 17.5. The van der Waals surface area contributed by atoms with Gasteiger partial charge in [0.1, 0.15) is 11.3 Å². The number of amides is 2. The first-order valence-electron chi connectivity index (χ1n) is 12.2. The van der Waals surface area contributed by atoms with Crippen molar-refractivity contribution in [3.8, 4) is 17.2 Å². The van der Waals surface area contributed by atoms with Crippen molar-refractivity contribution in [2.75, 3.05) is 25.5 Å². The number of piperidine rings is 1. The second-order valence-electron chi connectivity index (χ2n) is 9.20. The van der Waals surface area contributed by atoms with Crippen LogP contribution in [0.2, 0.25) is 0 Å². The molecule has 2 amide bonds. The fraction of sp³-hybridized carbons (Fsp3) is 0.276. The van der Waals surface area contributed by atoms with E-state index in [0.717, 1.165) is 29.8 Å². The maximum absolute atomic E-state index is 13.2. The lowest BCUT2D eigenvalue weighted by Crippen LogP contribution is -2.41. The predicted molar refractivity (Wildman–Crippen MR) is 139 cm³/mol. The molecule has 0 unspecified atom stereocenters. The second kappa shape index (κ2) is 10.2. The monoisotopic (exact) mass is 483 g/mol. The number of methoxy groups -OCH3 is 1. The molecule has 7 nitrogen and oxygen atoms in total. The average Bonchev–Trinajstić information content (AvgIpc) is 3.37. The van der Waals surface area contributed by atoms with E-state index in [-0.39, 0.29) is 23.7 Å². The number of carbonyl (C=O) groups is 2. The normalized spacial score (nSPS) is 15.0. The van der Waals surface area contributed by atoms with Crippen molar-refractivity contribution < 1.29 is 18.7 Å². The van der Waals surface area contributed by atoms with Gasteiger partial charge in [0.15, 0.2) is 5.58 Å². The van der Waals surface area contributed by atoms with E-state index in [2.05, 4.69) is 10.3 Å². The maximum atomic E-state index is 13.2. The number of hydrogen-bond acceptors (Lipinski definition) is 5. The summed E-state index contributed by atoms with van der Waals surface area (Å²) in [4.78, 5) is 32.4. The van der Waals surface area contributed by atoms with Gasteiger partial charge in [0.25, 0.3) is 5.91 Å². The van der Waals surface area contributed by atoms with Crippen molar-refractivity contribution in [3.05, 3.63) is 78.4 Å². The third-order valence-electron chi connectivity index (χ3n) is 6.96. The highest BCUT2D eigenvalue weighted by atomic mass is 16.5. The fourth-order valence-electron chi connectivity index (χ4n) is 4.69. The SMILES string of the molecule is COc1ccc(NC(=O)[C@@H](C)C2CCN(C(=O)c3ccc4oc(-c5ccccc5)nc4c3)CC2)cc1. The Morgan fingerprint density at radius 1 is 1.03 bits per heavy atom. The molecule has 0 saturated carbocycles. The van der Waals surface area contributed by atoms with E-state index in [4.69, 9.17) is 9.15 Å². The molecule has 1 saturated heterocycles. The van der Waals surface area contributed by atoms with Crippen LogP contribution < -0.4 is 10.1 Å². The number of anilines is 1. The van der Waals surface area contributed by atoms with E-state index in [9.17, 15) is 9.59 Å². The maximum Gasteiger partial charge on any atom is 0.253 e. The number of oxazole rings is 1. The average molecular weight is 484 g/mol. The molecule has 1 atom stereocenters. The summed E-state index contributed by atoms with van der Waals surface area (Å²) in [6.07, 6.45) is 1.57. The van der Waals surface area contributed by atoms with E-state index in [1.807, 2.05) is 66.4 Å². The van der Waals surface area contributed by atoms with Crippen LogP contribution in [0, 0.1) is 11.8 Å². The molecule has 5 rings (SSSR count). The van der Waals surface area contributed by atoms with Gasteiger partial charge in [-0.2, -0.15) is 0 Å². The van der Waals surface area contributed by atoms with Crippen LogP contribution in [-0.4, -0.2) is 41.9 Å². The predicted octanol–water partition coefficient (Wildman–Crippen LogP) is 5.63. The van der Waals surface area contributed by atoms with Crippen LogP contribution in [0.25, 0.3) is 22.6 Å². The second-order valence-corrected chi connectivity index (χ2v) is 9.20. The summed E-state index contributed by atoms with van der Waals surface area (Å²) in [6.45, 7) is 3.20. The van der Waals surface area contributed by atoms with Crippen molar-refractivity contribution in [2.24, 2.45) is 11.8 Å². The molecule has 3 aromatic carbocycles. The first-order valence-corrected chi connectivity index (χ1v) is 12.2. The lowest BCUT2D eigenvalue weighted by atomic mass is 9.84. The summed E-state index contributed by atoms with van der Waals surface area (Å²) in [5.74, 6) is 1.34. The zero-order chi connectivity index (χ0) is 25.1. The highest BCUT2D eigenvalue weighted by Crippen LogP contribution is 2.29. The van der Waals surface area contributed by atoms with Crippen LogP contribution in [0.15, 0.2) is 77.2 Å². The third-order valence-corrected chi connectivity index (χ3v) is 6.96. The minimum Gasteiger partial charge on any atom is -0.497 e. The molecule has 0 aliphatic carbocycles. The zero-order valence-corrected chi connectivity index (χ0v) is 20.4. The van der Waals surface area contributed by atoms with E-state index in [0.29, 0.717) is 35.6 Å². The lowest BCUT2D eigenvalue weighted by Gasteiger charge is -2.34. The molecule has 1 aromatic heterocycles. The van der Waals surface area contributed by atoms with Gasteiger partial charge in [0.05, 0.1) is 7.11 Å². The minimum absolute atomic E-state index is 0.00403. The zero-order valence-electron chi connectivity index (χ0n) is 20.4. The molecule has 184 valence electrons. The number of aromatic nitrogens is 1. The number of rotatable bonds is 6. The van der Waals surface area contributed by atoms with Crippen LogP contribution in [0.5, 0.6) is 5.75 Å². The van der Waals surface area contributed by atoms with Crippen LogP contribution >= 0.6 is 0 Å². The molecule has 0 radical (unpaired) electrons. The molecule has 1 N–H and O–H groups in total. The number of fused-ring (bicyclic) bond motifs is 1. The highest BCUT2D eigenvalue weighted by Gasteiger charge is 2.30. The summed E-state index contributed by atoms with van der Waals surface area (Å²) < 4.78 is 11.0.